The Morgan fingerprint density at radius 1 is 0.110 bits per heavy atom. The highest BCUT2D eigenvalue weighted by molar-refractivity contribution is 6.16. The average molecular weight is 1860 g/mol. The van der Waals surface area contributed by atoms with Crippen molar-refractivity contribution < 1.29 is 0 Å². The van der Waals surface area contributed by atoms with Crippen molar-refractivity contribution in [3.05, 3.63) is 556 Å². The maximum atomic E-state index is 2.40. The van der Waals surface area contributed by atoms with Crippen LogP contribution in [0.1, 0.15) is 27.8 Å². The van der Waals surface area contributed by atoms with Crippen LogP contribution in [-0.2, 0) is 7.05 Å². The second-order valence-corrected chi connectivity index (χ2v) is 37.9. The molecule has 0 fully saturated rings. The van der Waals surface area contributed by atoms with Gasteiger partial charge < -0.3 is 32.0 Å². The van der Waals surface area contributed by atoms with Gasteiger partial charge in [0, 0.05) is 128 Å². The summed E-state index contributed by atoms with van der Waals surface area (Å²) >= 11 is 0. The number of para-hydroxylation sites is 12. The van der Waals surface area contributed by atoms with Crippen molar-refractivity contribution in [3.63, 3.8) is 0 Å². The third-order valence-electron chi connectivity index (χ3n) is 28.6. The smallest absolute Gasteiger partial charge is 0.0541 e. The van der Waals surface area contributed by atoms with E-state index in [2.05, 4.69) is 601 Å². The Morgan fingerprint density at radius 3 is 0.641 bits per heavy atom. The average Bonchev–Trinajstić information content (AvgIpc) is 1.58. The number of hydrogen-bond acceptors (Lipinski definition) is 0. The molecule has 0 saturated heterocycles. The summed E-state index contributed by atoms with van der Waals surface area (Å²) in [6.07, 6.45) is 0. The van der Waals surface area contributed by atoms with Crippen molar-refractivity contribution in [1.82, 2.24) is 32.0 Å². The van der Waals surface area contributed by atoms with E-state index in [1.807, 2.05) is 0 Å². The van der Waals surface area contributed by atoms with Crippen LogP contribution in [0.4, 0.5) is 0 Å². The molecule has 0 spiro atoms. The van der Waals surface area contributed by atoms with Gasteiger partial charge in [-0.2, -0.15) is 0 Å². The van der Waals surface area contributed by atoms with E-state index in [1.165, 1.54) is 248 Å². The lowest BCUT2D eigenvalue weighted by molar-refractivity contribution is 1.01. The Balaban J connectivity index is 0.0000000953. The molecule has 7 heteroatoms. The van der Waals surface area contributed by atoms with E-state index in [4.69, 9.17) is 0 Å². The van der Waals surface area contributed by atoms with Gasteiger partial charge in [-0.15, -0.1) is 0 Å². The van der Waals surface area contributed by atoms with Crippen LogP contribution in [0.25, 0.3) is 220 Å². The Labute approximate surface area is 843 Å². The van der Waals surface area contributed by atoms with Crippen LogP contribution >= 0.6 is 0 Å². The highest BCUT2D eigenvalue weighted by Gasteiger charge is 2.21. The highest BCUT2D eigenvalue weighted by Crippen LogP contribution is 2.43. The van der Waals surface area contributed by atoms with Gasteiger partial charge in [0.15, 0.2) is 0 Å². The van der Waals surface area contributed by atoms with Crippen LogP contribution in [0.2, 0.25) is 0 Å². The molecule has 7 aromatic heterocycles. The monoisotopic (exact) mass is 1860 g/mol. The minimum absolute atomic E-state index is 1.18. The van der Waals surface area contributed by atoms with Crippen LogP contribution in [0.3, 0.4) is 0 Å². The summed E-state index contributed by atoms with van der Waals surface area (Å²) in [4.78, 5) is 0. The van der Waals surface area contributed by atoms with E-state index < -0.39 is 0 Å². The summed E-state index contributed by atoms with van der Waals surface area (Å²) in [7, 11) is 2.12. The van der Waals surface area contributed by atoms with E-state index >= 15 is 0 Å². The Morgan fingerprint density at radius 2 is 0.317 bits per heavy atom. The van der Waals surface area contributed by atoms with Gasteiger partial charge in [-0.3, -0.25) is 0 Å². The summed E-state index contributed by atoms with van der Waals surface area (Å²) < 4.78 is 16.4. The number of rotatable bonds is 9. The van der Waals surface area contributed by atoms with Crippen LogP contribution < -0.4 is 0 Å². The van der Waals surface area contributed by atoms with Crippen LogP contribution in [0.5, 0.6) is 0 Å². The zero-order valence-corrected chi connectivity index (χ0v) is 81.9. The van der Waals surface area contributed by atoms with E-state index in [0.717, 1.165) is 0 Å². The zero-order chi connectivity index (χ0) is 97.5. The van der Waals surface area contributed by atoms with E-state index in [-0.39, 0.29) is 0 Å². The lowest BCUT2D eigenvalue weighted by Gasteiger charge is -2.14. The molecule has 0 bridgehead atoms. The maximum Gasteiger partial charge on any atom is 0.0541 e. The molecule has 7 heterocycles. The second-order valence-electron chi connectivity index (χ2n) is 37.9. The van der Waals surface area contributed by atoms with Crippen LogP contribution in [-0.4, -0.2) is 32.0 Å². The molecule has 0 saturated carbocycles. The second kappa shape index (κ2) is 38.6. The van der Waals surface area contributed by atoms with E-state index in [0.29, 0.717) is 0 Å². The summed E-state index contributed by atoms with van der Waals surface area (Å²) in [5, 5.41) is 18.3. The van der Waals surface area contributed by atoms with Crippen LogP contribution in [0.15, 0.2) is 528 Å². The number of aromatic nitrogens is 7. The first kappa shape index (κ1) is 89.1. The molecule has 7 nitrogen and oxygen atoms in total. The van der Waals surface area contributed by atoms with Crippen molar-refractivity contribution in [1.29, 1.82) is 0 Å². The highest BCUT2D eigenvalue weighted by atomic mass is 15.0. The minimum atomic E-state index is 1.18. The first-order valence-corrected chi connectivity index (χ1v) is 50.0. The van der Waals surface area contributed by atoms with E-state index in [9.17, 15) is 0 Å². The summed E-state index contributed by atoms with van der Waals surface area (Å²) in [5.41, 5.74) is 38.6. The maximum absolute atomic E-state index is 2.40. The third kappa shape index (κ3) is 16.8. The molecule has 0 N–H and O–H groups in total. The molecule has 0 aliphatic rings. The normalized spacial score (nSPS) is 11.4. The fourth-order valence-corrected chi connectivity index (χ4v) is 21.8. The van der Waals surface area contributed by atoms with Crippen molar-refractivity contribution in [2.24, 2.45) is 7.05 Å². The molecule has 0 unspecified atom stereocenters. The van der Waals surface area contributed by atoms with Crippen molar-refractivity contribution in [2.45, 2.75) is 34.6 Å². The fraction of sp³-hybridized carbons (Fsp3) is 0.0435. The van der Waals surface area contributed by atoms with Crippen molar-refractivity contribution in [3.8, 4) is 67.5 Å². The molecule has 0 aliphatic heterocycles. The summed E-state index contributed by atoms with van der Waals surface area (Å²) in [6, 6.07) is 189. The first-order chi connectivity index (χ1) is 71.4. The van der Waals surface area contributed by atoms with E-state index in [1.54, 1.807) is 0 Å². The summed E-state index contributed by atoms with van der Waals surface area (Å²) in [5.74, 6) is 0. The number of nitrogens with zero attached hydrogens (tertiary/aromatic N) is 7. The molecule has 29 rings (SSSR count). The molecule has 22 aromatic carbocycles. The Bertz CT molecular complexity index is 9520. The number of hydrogen-bond donors (Lipinski definition) is 0. The molecule has 29 aromatic rings. The predicted molar refractivity (Wildman–Crippen MR) is 619 cm³/mol. The first-order valence-electron chi connectivity index (χ1n) is 50.0. The topological polar surface area (TPSA) is 34.5 Å². The standard InChI is InChI=1S/C31H22N2.C31H23N.C25H19N.2C19H15N.C13H11N/c1-21-18-22(32-28-14-6-2-10-24(28)25-11-3-7-15-29(25)32)20-23(19-21)33-30-16-8-4-12-26(30)27-13-5-9-17-31(27)33;1-22-8-7-11-25(20-22)26-16-19-31-29(21-26)28-12-5-6-13-30(28)32(31)27-17-14-24(15-18-27)23-9-3-2-4-10-23;1-18-11-16-25-23(17-18)22-9-5-6-10-24(22)26(25)21-14-12-20(13-15-21)19-7-3-2-4-8-19;1-14-10-12-15(13-11-14)20-18-8-4-2-6-16(18)17-7-3-5-9-19(17)20;1-14-11-12-19-17(13-14)16-9-5-6-10-18(16)20(19)15-7-3-2-4-8-15;1-14-12-8-4-2-6-10(12)11-7-3-5-9-13(11)14/h2-20H,1H3;2-21H,1H3;2-17H,1H3;2*2-13H,1H3;2-9H,1H3. The van der Waals surface area contributed by atoms with Gasteiger partial charge in [-0.05, 0) is 243 Å². The molecule has 0 aliphatic carbocycles. The molecule has 692 valence electrons. The fourth-order valence-electron chi connectivity index (χ4n) is 21.8. The SMILES string of the molecule is Cc1cc(-n2c3ccccc3c3ccccc32)cc(-n2c3ccccc3c3ccccc32)c1.Cc1ccc(-n2c3ccccc3c3ccccc32)cc1.Cc1ccc2c(c1)c1ccccc1n2-c1ccc(-c2ccccc2)cc1.Cc1ccc2c(c1)c1ccccc1n2-c1ccccc1.Cc1cccc(-c2ccc3c(c2)c2ccccc2n3-c2ccc(-c3ccccc3)cc2)c1.Cn1c2ccccc2c2ccccc21. The lowest BCUT2D eigenvalue weighted by atomic mass is 10.0. The van der Waals surface area contributed by atoms with Crippen LogP contribution in [0, 0.1) is 34.6 Å². The Hall–Kier alpha value is -18.6. The molecular weight excluding hydrogens is 1760 g/mol. The van der Waals surface area contributed by atoms with Gasteiger partial charge >= 0.3 is 0 Å². The van der Waals surface area contributed by atoms with Gasteiger partial charge in [0.05, 0.1) is 66.2 Å². The number of benzene rings is 22. The Kier molecular flexibility index (Phi) is 23.7. The lowest BCUT2D eigenvalue weighted by Crippen LogP contribution is -1.99. The largest absolute Gasteiger partial charge is 0.344 e. The number of fused-ring (bicyclic) bond motifs is 21. The van der Waals surface area contributed by atoms with Gasteiger partial charge in [-0.1, -0.05) is 380 Å². The van der Waals surface area contributed by atoms with Gasteiger partial charge in [-0.25, -0.2) is 0 Å². The minimum Gasteiger partial charge on any atom is -0.344 e. The van der Waals surface area contributed by atoms with Gasteiger partial charge in [0.2, 0.25) is 0 Å². The molecule has 0 atom stereocenters. The van der Waals surface area contributed by atoms with Crippen molar-refractivity contribution >= 4 is 153 Å². The molecule has 0 radical (unpaired) electrons. The zero-order valence-electron chi connectivity index (χ0n) is 81.9. The van der Waals surface area contributed by atoms with Gasteiger partial charge in [0.1, 0.15) is 0 Å². The quantitative estimate of drug-likeness (QED) is 0.138. The van der Waals surface area contributed by atoms with Crippen molar-refractivity contribution in [2.75, 3.05) is 0 Å². The number of aryl methyl sites for hydroxylation is 6. The molecule has 0 amide bonds. The van der Waals surface area contributed by atoms with Gasteiger partial charge in [0.25, 0.3) is 0 Å². The summed E-state index contributed by atoms with van der Waals surface area (Å²) in [6.45, 7) is 10.8. The predicted octanol–water partition coefficient (Wildman–Crippen LogP) is 36.9. The third-order valence-corrected chi connectivity index (χ3v) is 28.6. The molecule has 145 heavy (non-hydrogen) atoms. The molecular formula is C138H105N7.